The number of amides is 2. The first kappa shape index (κ1) is 13.7. The van der Waals surface area contributed by atoms with Gasteiger partial charge in [0.05, 0.1) is 22.8 Å². The van der Waals surface area contributed by atoms with E-state index < -0.39 is 18.2 Å². The van der Waals surface area contributed by atoms with Crippen LogP contribution >= 0.6 is 0 Å². The summed E-state index contributed by atoms with van der Waals surface area (Å²) in [4.78, 5) is 26.3. The van der Waals surface area contributed by atoms with Crippen molar-refractivity contribution in [3.63, 3.8) is 0 Å². The van der Waals surface area contributed by atoms with Gasteiger partial charge in [0.15, 0.2) is 0 Å². The summed E-state index contributed by atoms with van der Waals surface area (Å²) >= 11 is 0. The first-order chi connectivity index (χ1) is 10.6. The van der Waals surface area contributed by atoms with Crippen LogP contribution < -0.4 is 10.6 Å². The maximum Gasteiger partial charge on any atom is 0.409 e. The van der Waals surface area contributed by atoms with Crippen molar-refractivity contribution < 1.29 is 19.8 Å². The van der Waals surface area contributed by atoms with Crippen LogP contribution in [0.1, 0.15) is 17.4 Å². The fourth-order valence-corrected chi connectivity index (χ4v) is 2.53. The van der Waals surface area contributed by atoms with Crippen molar-refractivity contribution in [3.05, 3.63) is 59.8 Å². The molecule has 8 heteroatoms. The smallest absolute Gasteiger partial charge is 0.409 e. The molecule has 3 rings (SSSR count). The minimum absolute atomic E-state index is 0.226. The summed E-state index contributed by atoms with van der Waals surface area (Å²) in [6, 6.07) is 7.92. The van der Waals surface area contributed by atoms with Gasteiger partial charge in [-0.25, -0.2) is 9.59 Å². The summed E-state index contributed by atoms with van der Waals surface area (Å²) in [5.74, 6) is 0. The molecule has 0 spiro atoms. The molecule has 4 N–H and O–H groups in total. The van der Waals surface area contributed by atoms with E-state index in [1.54, 1.807) is 47.3 Å². The van der Waals surface area contributed by atoms with Crippen molar-refractivity contribution in [3.8, 4) is 0 Å². The summed E-state index contributed by atoms with van der Waals surface area (Å²) in [6.45, 7) is 0. The van der Waals surface area contributed by atoms with Gasteiger partial charge in [0.25, 0.3) is 0 Å². The van der Waals surface area contributed by atoms with Crippen LogP contribution in [-0.4, -0.2) is 32.0 Å². The third-order valence-electron chi connectivity index (χ3n) is 3.28. The molecular weight excluding hydrogens is 288 g/mol. The maximum atomic E-state index is 11.1. The van der Waals surface area contributed by atoms with Crippen LogP contribution in [0.25, 0.3) is 5.70 Å². The third-order valence-corrected chi connectivity index (χ3v) is 3.28. The average molecular weight is 300 g/mol. The first-order valence-electron chi connectivity index (χ1n) is 6.40. The Kier molecular flexibility index (Phi) is 3.26. The third kappa shape index (κ3) is 2.26. The molecule has 1 atom stereocenters. The molecular formula is C14H12N4O4. The van der Waals surface area contributed by atoms with Crippen molar-refractivity contribution in [2.75, 3.05) is 0 Å². The lowest BCUT2D eigenvalue weighted by atomic mass is 10.1. The van der Waals surface area contributed by atoms with E-state index in [1.807, 2.05) is 0 Å². The summed E-state index contributed by atoms with van der Waals surface area (Å²) < 4.78 is 1.72. The van der Waals surface area contributed by atoms with E-state index in [0.717, 1.165) is 0 Å². The molecule has 1 aliphatic heterocycles. The zero-order chi connectivity index (χ0) is 15.7. The Morgan fingerprint density at radius 3 is 2.59 bits per heavy atom. The zero-order valence-electron chi connectivity index (χ0n) is 11.2. The van der Waals surface area contributed by atoms with Gasteiger partial charge in [0, 0.05) is 12.4 Å². The Labute approximate surface area is 124 Å². The second-order valence-corrected chi connectivity index (χ2v) is 4.59. The quantitative estimate of drug-likeness (QED) is 0.688. The Bertz CT molecular complexity index is 766. The van der Waals surface area contributed by atoms with E-state index in [0.29, 0.717) is 17.1 Å². The molecule has 0 fully saturated rings. The highest BCUT2D eigenvalue weighted by Crippen LogP contribution is 2.36. The number of carbonyl (C=O) groups is 2. The molecule has 2 aromatic heterocycles. The maximum absolute atomic E-state index is 11.1. The lowest BCUT2D eigenvalue weighted by Crippen LogP contribution is -2.33. The molecule has 0 aromatic carbocycles. The monoisotopic (exact) mass is 300 g/mol. The number of aromatic nitrogens is 2. The normalized spacial score (nSPS) is 16.3. The molecule has 22 heavy (non-hydrogen) atoms. The molecule has 3 heterocycles. The summed E-state index contributed by atoms with van der Waals surface area (Å²) in [7, 11) is 0. The Morgan fingerprint density at radius 2 is 1.95 bits per heavy atom. The van der Waals surface area contributed by atoms with Gasteiger partial charge in [-0.3, -0.25) is 10.3 Å². The van der Waals surface area contributed by atoms with E-state index in [1.165, 1.54) is 0 Å². The molecule has 0 radical (unpaired) electrons. The van der Waals surface area contributed by atoms with Crippen molar-refractivity contribution in [2.45, 2.75) is 6.04 Å². The van der Waals surface area contributed by atoms with Crippen molar-refractivity contribution in [1.29, 1.82) is 0 Å². The second-order valence-electron chi connectivity index (χ2n) is 4.59. The Morgan fingerprint density at radius 1 is 1.14 bits per heavy atom. The Balaban J connectivity index is 2.18. The average Bonchev–Trinajstić information content (AvgIpc) is 3.02. The van der Waals surface area contributed by atoms with Crippen LogP contribution in [0.3, 0.4) is 0 Å². The number of rotatable bonds is 3. The zero-order valence-corrected chi connectivity index (χ0v) is 11.2. The number of nitrogens with zero attached hydrogens (tertiary/aromatic N) is 2. The van der Waals surface area contributed by atoms with Crippen LogP contribution in [0.2, 0.25) is 0 Å². The van der Waals surface area contributed by atoms with E-state index in [-0.39, 0.29) is 5.70 Å². The van der Waals surface area contributed by atoms with E-state index >= 15 is 0 Å². The number of hydrogen-bond acceptors (Lipinski definition) is 3. The van der Waals surface area contributed by atoms with E-state index in [4.69, 9.17) is 10.2 Å². The largest absolute Gasteiger partial charge is 0.465 e. The molecule has 0 saturated heterocycles. The van der Waals surface area contributed by atoms with Crippen LogP contribution in [0, 0.1) is 0 Å². The minimum atomic E-state index is -1.27. The molecule has 8 nitrogen and oxygen atoms in total. The van der Waals surface area contributed by atoms with Crippen LogP contribution in [0.15, 0.2) is 48.4 Å². The number of pyridine rings is 1. The first-order valence-corrected chi connectivity index (χ1v) is 6.40. The summed E-state index contributed by atoms with van der Waals surface area (Å²) in [6.07, 6.45) is 0.796. The summed E-state index contributed by atoms with van der Waals surface area (Å²) in [5, 5.41) is 22.7. The number of fused-ring (bicyclic) bond motifs is 1. The van der Waals surface area contributed by atoms with Crippen LogP contribution in [0.4, 0.5) is 9.59 Å². The van der Waals surface area contributed by atoms with Gasteiger partial charge < -0.3 is 20.1 Å². The highest BCUT2D eigenvalue weighted by Gasteiger charge is 2.34. The molecule has 0 saturated carbocycles. The molecule has 0 bridgehead atoms. The van der Waals surface area contributed by atoms with Crippen LogP contribution in [0.5, 0.6) is 0 Å². The number of nitrogens with one attached hydrogen (secondary N) is 2. The van der Waals surface area contributed by atoms with Gasteiger partial charge in [-0.1, -0.05) is 6.07 Å². The topological polar surface area (TPSA) is 116 Å². The highest BCUT2D eigenvalue weighted by molar-refractivity contribution is 5.79. The molecule has 0 aliphatic carbocycles. The molecule has 1 unspecified atom stereocenters. The van der Waals surface area contributed by atoms with Crippen molar-refractivity contribution in [2.24, 2.45) is 0 Å². The standard InChI is InChI=1S/C14H12N4O4/c19-13(20)16-10-9-5-3-7-18(9)12(11(10)17-14(21)22)8-4-1-2-6-15-8/h1-7,10,16-17H,(H,19,20)(H,21,22). The van der Waals surface area contributed by atoms with Gasteiger partial charge in [-0.2, -0.15) is 0 Å². The van der Waals surface area contributed by atoms with E-state index in [2.05, 4.69) is 15.6 Å². The second kappa shape index (κ2) is 5.24. The SMILES string of the molecule is O=C(O)NC1=C(c2ccccn2)n2cccc2C1NC(=O)O. The molecule has 2 amide bonds. The summed E-state index contributed by atoms with van der Waals surface area (Å²) in [5.41, 5.74) is 1.89. The number of carboxylic acid groups (broad SMARTS) is 2. The van der Waals surface area contributed by atoms with Gasteiger partial charge >= 0.3 is 12.2 Å². The molecule has 2 aromatic rings. The minimum Gasteiger partial charge on any atom is -0.465 e. The predicted molar refractivity (Wildman–Crippen MR) is 76.0 cm³/mol. The van der Waals surface area contributed by atoms with Gasteiger partial charge in [-0.05, 0) is 24.3 Å². The van der Waals surface area contributed by atoms with Gasteiger partial charge in [-0.15, -0.1) is 0 Å². The lowest BCUT2D eigenvalue weighted by Gasteiger charge is -2.14. The van der Waals surface area contributed by atoms with Crippen molar-refractivity contribution in [1.82, 2.24) is 20.2 Å². The fourth-order valence-electron chi connectivity index (χ4n) is 2.53. The van der Waals surface area contributed by atoms with Crippen molar-refractivity contribution >= 4 is 17.9 Å². The van der Waals surface area contributed by atoms with Crippen LogP contribution in [-0.2, 0) is 0 Å². The van der Waals surface area contributed by atoms with Gasteiger partial charge in [0.1, 0.15) is 6.04 Å². The lowest BCUT2D eigenvalue weighted by molar-refractivity contribution is 0.187. The molecule has 1 aliphatic rings. The van der Waals surface area contributed by atoms with E-state index in [9.17, 15) is 9.59 Å². The predicted octanol–water partition coefficient (Wildman–Crippen LogP) is 1.69. The Hall–Kier alpha value is -3.29. The fraction of sp³-hybridized carbons (Fsp3) is 0.0714. The van der Waals surface area contributed by atoms with Gasteiger partial charge in [0.2, 0.25) is 0 Å². The highest BCUT2D eigenvalue weighted by atomic mass is 16.4. The molecule has 112 valence electrons. The number of hydrogen-bond donors (Lipinski definition) is 4.